The average Bonchev–Trinajstić information content (AvgIpc) is 2.80. The molecular weight excluding hydrogens is 320 g/mol. The highest BCUT2D eigenvalue weighted by atomic mass is 16.5. The Hall–Kier alpha value is -2.86. The van der Waals surface area contributed by atoms with Crippen LogP contribution in [0.25, 0.3) is 0 Å². The van der Waals surface area contributed by atoms with Crippen LogP contribution in [0.15, 0.2) is 42.5 Å². The second kappa shape index (κ2) is 7.36. The summed E-state index contributed by atoms with van der Waals surface area (Å²) in [7, 11) is 0. The van der Waals surface area contributed by atoms with Crippen molar-refractivity contribution in [2.24, 2.45) is 0 Å². The lowest BCUT2D eigenvalue weighted by Gasteiger charge is -2.13. The molecule has 1 unspecified atom stereocenters. The van der Waals surface area contributed by atoms with Crippen molar-refractivity contribution in [1.82, 2.24) is 10.6 Å². The van der Waals surface area contributed by atoms with Crippen molar-refractivity contribution >= 4 is 11.8 Å². The van der Waals surface area contributed by atoms with E-state index >= 15 is 0 Å². The number of amides is 2. The maximum atomic E-state index is 12.3. The van der Waals surface area contributed by atoms with Crippen molar-refractivity contribution in [2.45, 2.75) is 13.0 Å². The molecule has 130 valence electrons. The first-order valence-electron chi connectivity index (χ1n) is 8.12. The van der Waals surface area contributed by atoms with Crippen molar-refractivity contribution in [2.75, 3.05) is 19.7 Å². The van der Waals surface area contributed by atoms with Crippen LogP contribution < -0.4 is 15.4 Å². The molecule has 3 N–H and O–H groups in total. The Bertz CT molecular complexity index is 804. The van der Waals surface area contributed by atoms with E-state index in [0.29, 0.717) is 30.0 Å². The third-order valence-corrected chi connectivity index (χ3v) is 4.01. The number of aryl methyl sites for hydroxylation is 1. The summed E-state index contributed by atoms with van der Waals surface area (Å²) in [6, 6.07) is 12.2. The van der Waals surface area contributed by atoms with Crippen molar-refractivity contribution in [3.63, 3.8) is 0 Å². The minimum absolute atomic E-state index is 0.0854. The zero-order valence-corrected chi connectivity index (χ0v) is 13.9. The minimum Gasteiger partial charge on any atom is -0.491 e. The Morgan fingerprint density at radius 3 is 2.96 bits per heavy atom. The first-order chi connectivity index (χ1) is 12.0. The van der Waals surface area contributed by atoms with Gasteiger partial charge in [0.05, 0.1) is 18.2 Å². The zero-order valence-electron chi connectivity index (χ0n) is 13.9. The van der Waals surface area contributed by atoms with Gasteiger partial charge in [-0.25, -0.2) is 0 Å². The number of aliphatic hydroxyl groups excluding tert-OH is 1. The minimum atomic E-state index is -0.795. The van der Waals surface area contributed by atoms with E-state index in [9.17, 15) is 14.7 Å². The predicted molar refractivity (Wildman–Crippen MR) is 92.7 cm³/mol. The molecule has 0 saturated heterocycles. The van der Waals surface area contributed by atoms with Gasteiger partial charge in [0.2, 0.25) is 0 Å². The third-order valence-electron chi connectivity index (χ3n) is 4.01. The summed E-state index contributed by atoms with van der Waals surface area (Å²) in [5, 5.41) is 15.6. The quantitative estimate of drug-likeness (QED) is 0.789. The third kappa shape index (κ3) is 3.97. The van der Waals surface area contributed by atoms with Crippen LogP contribution in [0.2, 0.25) is 0 Å². The van der Waals surface area contributed by atoms with Crippen LogP contribution in [-0.2, 0) is 0 Å². The van der Waals surface area contributed by atoms with Gasteiger partial charge < -0.3 is 20.5 Å². The molecule has 6 nitrogen and oxygen atoms in total. The molecule has 0 fully saturated rings. The SMILES string of the molecule is Cc1cccc(C(O)CNC(=O)c2ccc3c(c2)C(=O)NCCO3)c1. The summed E-state index contributed by atoms with van der Waals surface area (Å²) in [6.07, 6.45) is -0.795. The lowest BCUT2D eigenvalue weighted by Crippen LogP contribution is -2.29. The molecule has 0 aromatic heterocycles. The standard InChI is InChI=1S/C19H20N2O4/c1-12-3-2-4-13(9-12)16(22)11-21-18(23)14-5-6-17-15(10-14)19(24)20-7-8-25-17/h2-6,9-10,16,22H,7-8,11H2,1H3,(H,20,24)(H,21,23). The molecule has 1 aliphatic rings. The zero-order chi connectivity index (χ0) is 17.8. The summed E-state index contributed by atoms with van der Waals surface area (Å²) in [6.45, 7) is 2.85. The van der Waals surface area contributed by atoms with Crippen LogP contribution in [-0.4, -0.2) is 36.6 Å². The largest absolute Gasteiger partial charge is 0.491 e. The van der Waals surface area contributed by atoms with E-state index in [4.69, 9.17) is 4.74 Å². The Morgan fingerprint density at radius 1 is 1.32 bits per heavy atom. The van der Waals surface area contributed by atoms with Gasteiger partial charge in [-0.1, -0.05) is 29.8 Å². The topological polar surface area (TPSA) is 87.7 Å². The molecular formula is C19H20N2O4. The van der Waals surface area contributed by atoms with E-state index in [1.165, 1.54) is 6.07 Å². The van der Waals surface area contributed by atoms with Gasteiger partial charge in [0.15, 0.2) is 0 Å². The monoisotopic (exact) mass is 340 g/mol. The molecule has 2 amide bonds. The van der Waals surface area contributed by atoms with E-state index in [2.05, 4.69) is 10.6 Å². The van der Waals surface area contributed by atoms with Crippen LogP contribution in [0, 0.1) is 6.92 Å². The Labute approximate surface area is 145 Å². The fourth-order valence-corrected chi connectivity index (χ4v) is 2.68. The normalized spacial score (nSPS) is 14.6. The fraction of sp³-hybridized carbons (Fsp3) is 0.263. The number of hydrogen-bond donors (Lipinski definition) is 3. The molecule has 0 spiro atoms. The number of ether oxygens (including phenoxy) is 1. The van der Waals surface area contributed by atoms with Gasteiger partial charge in [-0.2, -0.15) is 0 Å². The van der Waals surface area contributed by atoms with Crippen molar-refractivity contribution in [3.05, 3.63) is 64.7 Å². The molecule has 2 aromatic rings. The molecule has 0 bridgehead atoms. The summed E-state index contributed by atoms with van der Waals surface area (Å²) < 4.78 is 5.47. The smallest absolute Gasteiger partial charge is 0.255 e. The summed E-state index contributed by atoms with van der Waals surface area (Å²) in [4.78, 5) is 24.3. The highest BCUT2D eigenvalue weighted by Gasteiger charge is 2.19. The first kappa shape index (κ1) is 17.0. The van der Waals surface area contributed by atoms with Gasteiger partial charge in [-0.15, -0.1) is 0 Å². The van der Waals surface area contributed by atoms with Crippen LogP contribution in [0.5, 0.6) is 5.75 Å². The van der Waals surface area contributed by atoms with Crippen LogP contribution >= 0.6 is 0 Å². The number of carbonyl (C=O) groups is 2. The number of fused-ring (bicyclic) bond motifs is 1. The van der Waals surface area contributed by atoms with E-state index in [1.54, 1.807) is 12.1 Å². The maximum absolute atomic E-state index is 12.3. The molecule has 2 aromatic carbocycles. The maximum Gasteiger partial charge on any atom is 0.255 e. The summed E-state index contributed by atoms with van der Waals surface area (Å²) in [5.41, 5.74) is 2.47. The van der Waals surface area contributed by atoms with Gasteiger partial charge in [0.1, 0.15) is 12.4 Å². The van der Waals surface area contributed by atoms with Gasteiger partial charge in [0, 0.05) is 12.1 Å². The van der Waals surface area contributed by atoms with E-state index in [-0.39, 0.29) is 18.4 Å². The van der Waals surface area contributed by atoms with Crippen molar-refractivity contribution in [1.29, 1.82) is 0 Å². The number of rotatable bonds is 4. The van der Waals surface area contributed by atoms with E-state index in [1.807, 2.05) is 31.2 Å². The molecule has 0 aliphatic carbocycles. The molecule has 1 aliphatic heterocycles. The number of carbonyl (C=O) groups excluding carboxylic acids is 2. The molecule has 1 heterocycles. The van der Waals surface area contributed by atoms with Gasteiger partial charge in [-0.3, -0.25) is 9.59 Å². The van der Waals surface area contributed by atoms with Gasteiger partial charge >= 0.3 is 0 Å². The first-order valence-corrected chi connectivity index (χ1v) is 8.12. The van der Waals surface area contributed by atoms with Crippen LogP contribution in [0.4, 0.5) is 0 Å². The lowest BCUT2D eigenvalue weighted by molar-refractivity contribution is 0.0916. The average molecular weight is 340 g/mol. The van der Waals surface area contributed by atoms with Gasteiger partial charge in [0.25, 0.3) is 11.8 Å². The van der Waals surface area contributed by atoms with E-state index < -0.39 is 6.10 Å². The number of aliphatic hydroxyl groups is 1. The van der Waals surface area contributed by atoms with Crippen LogP contribution in [0.3, 0.4) is 0 Å². The van der Waals surface area contributed by atoms with Crippen molar-refractivity contribution < 1.29 is 19.4 Å². The molecule has 0 radical (unpaired) electrons. The second-order valence-electron chi connectivity index (χ2n) is 5.96. The Balaban J connectivity index is 1.68. The summed E-state index contributed by atoms with van der Waals surface area (Å²) >= 11 is 0. The van der Waals surface area contributed by atoms with Gasteiger partial charge in [-0.05, 0) is 30.7 Å². The number of hydrogen-bond acceptors (Lipinski definition) is 4. The molecule has 1 atom stereocenters. The predicted octanol–water partition coefficient (Wildman–Crippen LogP) is 1.58. The number of benzene rings is 2. The fourth-order valence-electron chi connectivity index (χ4n) is 2.68. The number of nitrogens with one attached hydrogen (secondary N) is 2. The lowest BCUT2D eigenvalue weighted by atomic mass is 10.1. The highest BCUT2D eigenvalue weighted by Crippen LogP contribution is 2.22. The molecule has 25 heavy (non-hydrogen) atoms. The Kier molecular flexibility index (Phi) is 5.00. The molecule has 6 heteroatoms. The summed E-state index contributed by atoms with van der Waals surface area (Å²) in [5.74, 6) is -0.153. The molecule has 3 rings (SSSR count). The second-order valence-corrected chi connectivity index (χ2v) is 5.96. The Morgan fingerprint density at radius 2 is 2.16 bits per heavy atom. The highest BCUT2D eigenvalue weighted by molar-refractivity contribution is 6.01. The van der Waals surface area contributed by atoms with Crippen LogP contribution in [0.1, 0.15) is 37.9 Å². The van der Waals surface area contributed by atoms with Crippen molar-refractivity contribution in [3.8, 4) is 5.75 Å². The van der Waals surface area contributed by atoms with E-state index in [0.717, 1.165) is 11.1 Å². The molecule has 0 saturated carbocycles.